The third kappa shape index (κ3) is 2.41. The Morgan fingerprint density at radius 3 is 3.05 bits per heavy atom. The SMILES string of the molecule is Cc1ncsc1CCN1CCc2ccc(C(=O)O)cc21. The van der Waals surface area contributed by atoms with Gasteiger partial charge in [0.1, 0.15) is 0 Å². The Balaban J connectivity index is 1.76. The molecule has 0 saturated carbocycles. The highest BCUT2D eigenvalue weighted by atomic mass is 32.1. The number of benzene rings is 1. The number of hydrogen-bond acceptors (Lipinski definition) is 4. The molecule has 1 aromatic carbocycles. The normalized spacial score (nSPS) is 13.6. The molecule has 2 heterocycles. The van der Waals surface area contributed by atoms with E-state index in [1.165, 1.54) is 10.4 Å². The summed E-state index contributed by atoms with van der Waals surface area (Å²) in [5, 5.41) is 9.09. The van der Waals surface area contributed by atoms with E-state index in [0.29, 0.717) is 5.56 Å². The van der Waals surface area contributed by atoms with Crippen molar-refractivity contribution in [1.29, 1.82) is 0 Å². The molecule has 0 atom stereocenters. The van der Waals surface area contributed by atoms with E-state index in [-0.39, 0.29) is 0 Å². The fourth-order valence-corrected chi connectivity index (χ4v) is 3.38. The number of fused-ring (bicyclic) bond motifs is 1. The zero-order chi connectivity index (χ0) is 14.1. The average Bonchev–Trinajstić information content (AvgIpc) is 3.02. The number of aromatic carboxylic acids is 1. The summed E-state index contributed by atoms with van der Waals surface area (Å²) in [7, 11) is 0. The molecule has 0 amide bonds. The van der Waals surface area contributed by atoms with Crippen molar-refractivity contribution in [1.82, 2.24) is 4.98 Å². The van der Waals surface area contributed by atoms with Crippen molar-refractivity contribution in [2.45, 2.75) is 19.8 Å². The lowest BCUT2D eigenvalue weighted by atomic mass is 10.1. The molecule has 0 unspecified atom stereocenters. The fraction of sp³-hybridized carbons (Fsp3) is 0.333. The molecule has 0 bridgehead atoms. The zero-order valence-electron chi connectivity index (χ0n) is 11.3. The summed E-state index contributed by atoms with van der Waals surface area (Å²) in [4.78, 5) is 18.9. The molecular weight excluding hydrogens is 272 g/mol. The van der Waals surface area contributed by atoms with Crippen LogP contribution in [-0.4, -0.2) is 29.1 Å². The first-order chi connectivity index (χ1) is 9.65. The minimum atomic E-state index is -0.863. The van der Waals surface area contributed by atoms with Gasteiger partial charge in [0.25, 0.3) is 0 Å². The largest absolute Gasteiger partial charge is 0.478 e. The van der Waals surface area contributed by atoms with Crippen LogP contribution in [0.2, 0.25) is 0 Å². The number of aromatic nitrogens is 1. The van der Waals surface area contributed by atoms with Gasteiger partial charge in [0.2, 0.25) is 0 Å². The van der Waals surface area contributed by atoms with Crippen molar-refractivity contribution in [3.8, 4) is 0 Å². The Bertz CT molecular complexity index is 651. The van der Waals surface area contributed by atoms with Gasteiger partial charge in [-0.15, -0.1) is 11.3 Å². The number of thiazole rings is 1. The smallest absolute Gasteiger partial charge is 0.335 e. The van der Waals surface area contributed by atoms with Crippen LogP contribution in [0.5, 0.6) is 0 Å². The number of aryl methyl sites for hydroxylation is 1. The molecule has 4 nitrogen and oxygen atoms in total. The van der Waals surface area contributed by atoms with E-state index in [2.05, 4.69) is 9.88 Å². The monoisotopic (exact) mass is 288 g/mol. The number of rotatable bonds is 4. The second-order valence-corrected chi connectivity index (χ2v) is 5.94. The van der Waals surface area contributed by atoms with Gasteiger partial charge in [-0.3, -0.25) is 0 Å². The number of carbonyl (C=O) groups is 1. The molecule has 1 N–H and O–H groups in total. The summed E-state index contributed by atoms with van der Waals surface area (Å²) >= 11 is 1.69. The molecule has 5 heteroatoms. The van der Waals surface area contributed by atoms with Crippen molar-refractivity contribution in [3.63, 3.8) is 0 Å². The standard InChI is InChI=1S/C15H16N2O2S/c1-10-14(20-9-16-10)5-7-17-6-4-11-2-3-12(15(18)19)8-13(11)17/h2-3,8-9H,4-7H2,1H3,(H,18,19). The Morgan fingerprint density at radius 1 is 1.50 bits per heavy atom. The maximum atomic E-state index is 11.1. The predicted octanol–water partition coefficient (Wildman–Crippen LogP) is 2.75. The van der Waals surface area contributed by atoms with E-state index in [9.17, 15) is 4.79 Å². The van der Waals surface area contributed by atoms with Crippen LogP contribution < -0.4 is 4.90 Å². The molecule has 1 aliphatic rings. The first-order valence-corrected chi connectivity index (χ1v) is 7.53. The third-order valence-electron chi connectivity index (χ3n) is 3.78. The van der Waals surface area contributed by atoms with Crippen molar-refractivity contribution in [2.75, 3.05) is 18.0 Å². The Hall–Kier alpha value is -1.88. The van der Waals surface area contributed by atoms with Crippen LogP contribution in [0.3, 0.4) is 0 Å². The minimum Gasteiger partial charge on any atom is -0.478 e. The molecule has 1 aromatic heterocycles. The van der Waals surface area contributed by atoms with E-state index in [1.807, 2.05) is 18.5 Å². The maximum Gasteiger partial charge on any atom is 0.335 e. The summed E-state index contributed by atoms with van der Waals surface area (Å²) in [5.41, 5.74) is 5.67. The summed E-state index contributed by atoms with van der Waals surface area (Å²) in [6, 6.07) is 5.43. The summed E-state index contributed by atoms with van der Waals surface area (Å²) in [5.74, 6) is -0.863. The molecule has 0 aliphatic carbocycles. The van der Waals surface area contributed by atoms with E-state index in [1.54, 1.807) is 23.5 Å². The lowest BCUT2D eigenvalue weighted by Gasteiger charge is -2.19. The van der Waals surface area contributed by atoms with E-state index >= 15 is 0 Å². The van der Waals surface area contributed by atoms with Crippen molar-refractivity contribution in [3.05, 3.63) is 45.4 Å². The topological polar surface area (TPSA) is 53.4 Å². The minimum absolute atomic E-state index is 0.365. The molecule has 0 radical (unpaired) electrons. The first kappa shape index (κ1) is 13.1. The Morgan fingerprint density at radius 2 is 2.35 bits per heavy atom. The summed E-state index contributed by atoms with van der Waals surface area (Å²) in [6.45, 7) is 3.92. The number of carboxylic acids is 1. The van der Waals surface area contributed by atoms with Gasteiger partial charge in [-0.05, 0) is 31.0 Å². The number of carboxylic acid groups (broad SMARTS) is 1. The predicted molar refractivity (Wildman–Crippen MR) is 79.9 cm³/mol. The number of hydrogen-bond donors (Lipinski definition) is 1. The number of anilines is 1. The Kier molecular flexibility index (Phi) is 3.44. The quantitative estimate of drug-likeness (QED) is 0.940. The van der Waals surface area contributed by atoms with E-state index < -0.39 is 5.97 Å². The van der Waals surface area contributed by atoms with Crippen LogP contribution >= 0.6 is 11.3 Å². The molecule has 104 valence electrons. The zero-order valence-corrected chi connectivity index (χ0v) is 12.1. The second kappa shape index (κ2) is 5.25. The van der Waals surface area contributed by atoms with Gasteiger partial charge >= 0.3 is 5.97 Å². The molecule has 0 saturated heterocycles. The van der Waals surface area contributed by atoms with Gasteiger partial charge in [-0.1, -0.05) is 6.07 Å². The second-order valence-electron chi connectivity index (χ2n) is 5.00. The maximum absolute atomic E-state index is 11.1. The van der Waals surface area contributed by atoms with Crippen LogP contribution in [0.1, 0.15) is 26.5 Å². The average molecular weight is 288 g/mol. The van der Waals surface area contributed by atoms with Crippen molar-refractivity contribution >= 4 is 23.0 Å². The molecule has 20 heavy (non-hydrogen) atoms. The van der Waals surface area contributed by atoms with Gasteiger partial charge in [-0.2, -0.15) is 0 Å². The Labute approximate surface area is 121 Å². The van der Waals surface area contributed by atoms with Crippen molar-refractivity contribution in [2.24, 2.45) is 0 Å². The highest BCUT2D eigenvalue weighted by Crippen LogP contribution is 2.29. The lowest BCUT2D eigenvalue weighted by molar-refractivity contribution is 0.0697. The van der Waals surface area contributed by atoms with Gasteiger partial charge in [0.15, 0.2) is 0 Å². The van der Waals surface area contributed by atoms with Crippen LogP contribution in [0, 0.1) is 6.92 Å². The van der Waals surface area contributed by atoms with Crippen LogP contribution in [0.25, 0.3) is 0 Å². The van der Waals surface area contributed by atoms with Crippen LogP contribution in [0.4, 0.5) is 5.69 Å². The van der Waals surface area contributed by atoms with E-state index in [0.717, 1.165) is 37.3 Å². The van der Waals surface area contributed by atoms with Crippen LogP contribution in [0.15, 0.2) is 23.7 Å². The lowest BCUT2D eigenvalue weighted by Crippen LogP contribution is -2.23. The first-order valence-electron chi connectivity index (χ1n) is 6.65. The van der Waals surface area contributed by atoms with Gasteiger partial charge in [0.05, 0.1) is 16.8 Å². The van der Waals surface area contributed by atoms with Gasteiger partial charge in [0, 0.05) is 30.1 Å². The molecule has 2 aromatic rings. The summed E-state index contributed by atoms with van der Waals surface area (Å²) < 4.78 is 0. The van der Waals surface area contributed by atoms with Gasteiger partial charge < -0.3 is 10.0 Å². The highest BCUT2D eigenvalue weighted by molar-refractivity contribution is 7.09. The molecular formula is C15H16N2O2S. The molecule has 0 spiro atoms. The molecule has 0 fully saturated rings. The summed E-state index contributed by atoms with van der Waals surface area (Å²) in [6.07, 6.45) is 1.96. The van der Waals surface area contributed by atoms with Crippen LogP contribution in [-0.2, 0) is 12.8 Å². The van der Waals surface area contributed by atoms with Crippen molar-refractivity contribution < 1.29 is 9.90 Å². The fourth-order valence-electron chi connectivity index (χ4n) is 2.61. The third-order valence-corrected chi connectivity index (χ3v) is 4.77. The molecule has 3 rings (SSSR count). The highest BCUT2D eigenvalue weighted by Gasteiger charge is 2.20. The number of nitrogens with zero attached hydrogens (tertiary/aromatic N) is 2. The van der Waals surface area contributed by atoms with Gasteiger partial charge in [-0.25, -0.2) is 9.78 Å². The van der Waals surface area contributed by atoms with E-state index in [4.69, 9.17) is 5.11 Å². The molecule has 1 aliphatic heterocycles.